The Morgan fingerprint density at radius 3 is 1.97 bits per heavy atom. The number of hydrogen-bond acceptors (Lipinski definition) is 8. The van der Waals surface area contributed by atoms with Gasteiger partial charge in [0.25, 0.3) is 0 Å². The van der Waals surface area contributed by atoms with E-state index in [1.54, 1.807) is 18.0 Å². The van der Waals surface area contributed by atoms with Gasteiger partial charge in [0.05, 0.1) is 6.33 Å². The number of rotatable bonds is 10. The Morgan fingerprint density at radius 1 is 1.10 bits per heavy atom. The van der Waals surface area contributed by atoms with Gasteiger partial charge in [-0.25, -0.2) is 4.98 Å². The minimum atomic E-state index is -1.00. The molecule has 0 spiro atoms. The van der Waals surface area contributed by atoms with Crippen LogP contribution in [-0.4, -0.2) is 73.3 Å². The Kier molecular flexibility index (Phi) is 16.8. The van der Waals surface area contributed by atoms with Crippen molar-refractivity contribution in [3.05, 3.63) is 18.2 Å². The van der Waals surface area contributed by atoms with Gasteiger partial charge in [-0.3, -0.25) is 14.4 Å². The lowest BCUT2D eigenvalue weighted by Gasteiger charge is -2.11. The lowest BCUT2D eigenvalue weighted by molar-refractivity contribution is -0.140. The van der Waals surface area contributed by atoms with Crippen molar-refractivity contribution in [2.75, 3.05) is 12.0 Å². The molecule has 0 fully saturated rings. The number of imidazole rings is 1. The van der Waals surface area contributed by atoms with Gasteiger partial charge in [0.1, 0.15) is 18.1 Å². The highest BCUT2D eigenvalue weighted by Crippen LogP contribution is 2.04. The molecule has 1 aromatic heterocycles. The molecule has 4 atom stereocenters. The molecule has 1 aromatic rings. The van der Waals surface area contributed by atoms with Gasteiger partial charge < -0.3 is 37.5 Å². The normalized spacial score (nSPS) is 14.1. The van der Waals surface area contributed by atoms with E-state index < -0.39 is 36.0 Å². The minimum Gasteiger partial charge on any atom is -0.480 e. The number of nitrogens with zero attached hydrogens (tertiary/aromatic N) is 1. The third kappa shape index (κ3) is 15.4. The van der Waals surface area contributed by atoms with Crippen molar-refractivity contribution in [2.45, 2.75) is 51.2 Å². The predicted octanol–water partition coefficient (Wildman–Crippen LogP) is -0.0401. The second-order valence-corrected chi connectivity index (χ2v) is 7.19. The number of hydrogen-bond donors (Lipinski definition) is 7. The smallest absolute Gasteiger partial charge is 0.320 e. The van der Waals surface area contributed by atoms with E-state index in [1.165, 1.54) is 6.33 Å². The van der Waals surface area contributed by atoms with Crippen molar-refractivity contribution in [3.63, 3.8) is 0 Å². The zero-order valence-electron chi connectivity index (χ0n) is 16.9. The second-order valence-electron chi connectivity index (χ2n) is 6.20. The maximum atomic E-state index is 10.3. The number of aliphatic carboxylic acids is 3. The van der Waals surface area contributed by atoms with Crippen LogP contribution in [0, 0.1) is 5.92 Å². The summed E-state index contributed by atoms with van der Waals surface area (Å²) in [7, 11) is 0. The van der Waals surface area contributed by atoms with Crippen molar-refractivity contribution < 1.29 is 29.7 Å². The highest BCUT2D eigenvalue weighted by molar-refractivity contribution is 7.98. The molecule has 0 aliphatic heterocycles. The van der Waals surface area contributed by atoms with E-state index in [0.29, 0.717) is 6.42 Å². The topological polar surface area (TPSA) is 219 Å². The number of nitrogens with two attached hydrogens (primary N) is 3. The number of carbonyl (C=O) groups is 3. The molecule has 0 aromatic carbocycles. The van der Waals surface area contributed by atoms with E-state index >= 15 is 0 Å². The molecule has 168 valence electrons. The first kappa shape index (κ1) is 29.1. The molecular formula is C17H33N5O6S. The van der Waals surface area contributed by atoms with Crippen LogP contribution in [0.1, 0.15) is 32.4 Å². The monoisotopic (exact) mass is 435 g/mol. The van der Waals surface area contributed by atoms with Gasteiger partial charge in [-0.05, 0) is 24.3 Å². The van der Waals surface area contributed by atoms with Crippen molar-refractivity contribution in [1.29, 1.82) is 0 Å². The first-order valence-corrected chi connectivity index (χ1v) is 10.3. The number of aromatic nitrogens is 2. The maximum Gasteiger partial charge on any atom is 0.320 e. The maximum absolute atomic E-state index is 10.3. The first-order chi connectivity index (χ1) is 13.5. The highest BCUT2D eigenvalue weighted by Gasteiger charge is 2.17. The molecule has 0 unspecified atom stereocenters. The van der Waals surface area contributed by atoms with Crippen LogP contribution in [0.25, 0.3) is 0 Å². The minimum absolute atomic E-state index is 0.0718. The van der Waals surface area contributed by atoms with Gasteiger partial charge >= 0.3 is 17.9 Å². The summed E-state index contributed by atoms with van der Waals surface area (Å²) < 4.78 is 0. The molecule has 10 N–H and O–H groups in total. The first-order valence-electron chi connectivity index (χ1n) is 8.89. The number of thioether (sulfide) groups is 1. The van der Waals surface area contributed by atoms with Crippen LogP contribution in [0.2, 0.25) is 0 Å². The molecular weight excluding hydrogens is 402 g/mol. The van der Waals surface area contributed by atoms with E-state index in [0.717, 1.165) is 17.9 Å². The average molecular weight is 436 g/mol. The van der Waals surface area contributed by atoms with Gasteiger partial charge in [0.2, 0.25) is 0 Å². The van der Waals surface area contributed by atoms with E-state index in [9.17, 15) is 14.4 Å². The zero-order valence-corrected chi connectivity index (χ0v) is 17.8. The summed E-state index contributed by atoms with van der Waals surface area (Å²) in [6.07, 6.45) is 6.63. The zero-order chi connectivity index (χ0) is 23.0. The third-order valence-electron chi connectivity index (χ3n) is 3.80. The molecule has 0 saturated heterocycles. The molecule has 29 heavy (non-hydrogen) atoms. The fraction of sp³-hybridized carbons (Fsp3) is 0.647. The average Bonchev–Trinajstić information content (AvgIpc) is 3.18. The number of H-pyrrole nitrogens is 1. The number of aromatic amines is 1. The highest BCUT2D eigenvalue weighted by atomic mass is 32.2. The Morgan fingerprint density at radius 2 is 1.66 bits per heavy atom. The Bertz CT molecular complexity index is 587. The number of carboxylic acid groups (broad SMARTS) is 3. The standard InChI is InChI=1S/C6H9N3O2.C6H13NO2.C5H11NO2S/c7-5(6(10)11)1-4-2-8-3-9-4;1-3-4(2)5(7)6(8)9;1-9-3-2-4(6)5(7)8/h2-3,5H,1,7H2,(H,8,9)(H,10,11);4-5H,3,7H2,1-2H3,(H,8,9);4H,2-3,6H2,1H3,(H,7,8)/t5-;4-,5-;4-/m000/s1. The lowest BCUT2D eigenvalue weighted by Crippen LogP contribution is -2.36. The molecule has 0 radical (unpaired) electrons. The van der Waals surface area contributed by atoms with Gasteiger partial charge in [-0.15, -0.1) is 0 Å². The van der Waals surface area contributed by atoms with Gasteiger partial charge in [-0.2, -0.15) is 11.8 Å². The van der Waals surface area contributed by atoms with E-state index in [1.807, 2.05) is 20.1 Å². The van der Waals surface area contributed by atoms with Gasteiger partial charge in [0.15, 0.2) is 0 Å². The van der Waals surface area contributed by atoms with Crippen LogP contribution >= 0.6 is 11.8 Å². The molecule has 11 nitrogen and oxygen atoms in total. The van der Waals surface area contributed by atoms with Crippen molar-refractivity contribution >= 4 is 29.7 Å². The summed E-state index contributed by atoms with van der Waals surface area (Å²) in [5.74, 6) is -1.94. The third-order valence-corrected chi connectivity index (χ3v) is 4.45. The summed E-state index contributed by atoms with van der Waals surface area (Å²) in [4.78, 5) is 37.0. The summed E-state index contributed by atoms with van der Waals surface area (Å²) in [6.45, 7) is 3.76. The molecule has 0 amide bonds. The van der Waals surface area contributed by atoms with E-state index in [-0.39, 0.29) is 12.3 Å². The van der Waals surface area contributed by atoms with Gasteiger partial charge in [0, 0.05) is 18.3 Å². The fourth-order valence-corrected chi connectivity index (χ4v) is 2.08. The molecule has 1 heterocycles. The van der Waals surface area contributed by atoms with Crippen LogP contribution in [0.15, 0.2) is 12.5 Å². The van der Waals surface area contributed by atoms with E-state index in [2.05, 4.69) is 9.97 Å². The van der Waals surface area contributed by atoms with Crippen LogP contribution in [0.3, 0.4) is 0 Å². The molecule has 0 aliphatic rings. The second kappa shape index (κ2) is 16.8. The number of nitrogens with one attached hydrogen (secondary N) is 1. The quantitative estimate of drug-likeness (QED) is 0.258. The summed E-state index contributed by atoms with van der Waals surface area (Å²) in [5.41, 5.74) is 16.5. The fourth-order valence-electron chi connectivity index (χ4n) is 1.59. The van der Waals surface area contributed by atoms with Crippen LogP contribution in [0.4, 0.5) is 0 Å². The summed E-state index contributed by atoms with van der Waals surface area (Å²) in [5, 5.41) is 25.1. The van der Waals surface area contributed by atoms with Crippen molar-refractivity contribution in [1.82, 2.24) is 9.97 Å². The van der Waals surface area contributed by atoms with Crippen molar-refractivity contribution in [2.24, 2.45) is 23.1 Å². The lowest BCUT2D eigenvalue weighted by atomic mass is 10.0. The van der Waals surface area contributed by atoms with Crippen LogP contribution < -0.4 is 17.2 Å². The molecule has 0 bridgehead atoms. The Labute approximate surface area is 174 Å². The van der Waals surface area contributed by atoms with Crippen LogP contribution in [0.5, 0.6) is 0 Å². The van der Waals surface area contributed by atoms with Crippen LogP contribution in [-0.2, 0) is 20.8 Å². The SMILES string of the molecule is CC[C@H](C)[C@H](N)C(=O)O.CSCC[C@H](N)C(=O)O.N[C@@H](Cc1cnc[nH]1)C(=O)O. The molecule has 0 saturated carbocycles. The Balaban J connectivity index is 0. The number of carboxylic acids is 3. The Hall–Kier alpha value is -2.15. The molecule has 12 heteroatoms. The largest absolute Gasteiger partial charge is 0.480 e. The predicted molar refractivity (Wildman–Crippen MR) is 112 cm³/mol. The van der Waals surface area contributed by atoms with Crippen molar-refractivity contribution in [3.8, 4) is 0 Å². The van der Waals surface area contributed by atoms with Gasteiger partial charge in [-0.1, -0.05) is 20.3 Å². The molecule has 1 rings (SSSR count). The van der Waals surface area contributed by atoms with E-state index in [4.69, 9.17) is 32.5 Å². The molecule has 0 aliphatic carbocycles. The summed E-state index contributed by atoms with van der Waals surface area (Å²) >= 11 is 1.60. The summed E-state index contributed by atoms with van der Waals surface area (Å²) in [6, 6.07) is -2.23.